The van der Waals surface area contributed by atoms with Crippen molar-refractivity contribution in [2.75, 3.05) is 0 Å². The van der Waals surface area contributed by atoms with Crippen LogP contribution in [0.2, 0.25) is 0 Å². The van der Waals surface area contributed by atoms with Crippen molar-refractivity contribution >= 4 is 11.5 Å². The van der Waals surface area contributed by atoms with E-state index in [0.29, 0.717) is 5.56 Å². The van der Waals surface area contributed by atoms with Crippen LogP contribution >= 0.6 is 0 Å². The molecule has 0 saturated heterocycles. The first-order chi connectivity index (χ1) is 7.71. The summed E-state index contributed by atoms with van der Waals surface area (Å²) in [4.78, 5) is 26.2. The summed E-state index contributed by atoms with van der Waals surface area (Å²) < 4.78 is 0. The molecule has 0 aliphatic rings. The molecule has 0 amide bonds. The number of rotatable bonds is 3. The normalized spacial score (nSPS) is 11.3. The van der Waals surface area contributed by atoms with Gasteiger partial charge in [0.2, 0.25) is 0 Å². The molecule has 0 unspecified atom stereocenters. The summed E-state index contributed by atoms with van der Waals surface area (Å²) >= 11 is 0. The maximum Gasteiger partial charge on any atom is 0.291 e. The number of hydrogen-bond acceptors (Lipinski definition) is 4. The Bertz CT molecular complexity index is 461. The summed E-state index contributed by atoms with van der Waals surface area (Å²) in [5.74, 6) is -0.0584. The Balaban J connectivity index is 3.07. The highest BCUT2D eigenvalue weighted by Gasteiger charge is 2.25. The molecular formula is C12H16N2O3. The van der Waals surface area contributed by atoms with Gasteiger partial charge in [-0.25, -0.2) is 0 Å². The number of aromatic nitrogens is 1. The van der Waals surface area contributed by atoms with E-state index in [4.69, 9.17) is 0 Å². The standard InChI is InChI=1S/C12H16N2O3/c1-8-5-10(14(16)17)9(13-7-8)6-11(15)12(2,3)4/h5,7H,6H2,1-4H3. The minimum Gasteiger partial charge on any atom is -0.299 e. The molecule has 1 heterocycles. The number of aryl methyl sites for hydroxylation is 1. The molecule has 1 aromatic heterocycles. The second kappa shape index (κ2) is 4.61. The van der Waals surface area contributed by atoms with E-state index in [9.17, 15) is 14.9 Å². The second-order valence-corrected chi connectivity index (χ2v) is 5.09. The van der Waals surface area contributed by atoms with E-state index < -0.39 is 10.3 Å². The zero-order valence-electron chi connectivity index (χ0n) is 10.5. The van der Waals surface area contributed by atoms with Gasteiger partial charge in [0, 0.05) is 17.7 Å². The van der Waals surface area contributed by atoms with E-state index in [1.54, 1.807) is 27.7 Å². The maximum absolute atomic E-state index is 11.8. The predicted octanol–water partition coefficient (Wildman–Crippen LogP) is 2.46. The molecule has 0 bridgehead atoms. The Morgan fingerprint density at radius 3 is 2.53 bits per heavy atom. The summed E-state index contributed by atoms with van der Waals surface area (Å²) in [7, 11) is 0. The van der Waals surface area contributed by atoms with Crippen LogP contribution in [0.25, 0.3) is 0 Å². The van der Waals surface area contributed by atoms with Gasteiger partial charge in [-0.15, -0.1) is 0 Å². The smallest absolute Gasteiger partial charge is 0.291 e. The lowest BCUT2D eigenvalue weighted by molar-refractivity contribution is -0.385. The number of pyridine rings is 1. The van der Waals surface area contributed by atoms with Crippen molar-refractivity contribution < 1.29 is 9.72 Å². The van der Waals surface area contributed by atoms with E-state index in [-0.39, 0.29) is 23.6 Å². The molecule has 0 atom stereocenters. The lowest BCUT2D eigenvalue weighted by Gasteiger charge is -2.15. The zero-order chi connectivity index (χ0) is 13.2. The van der Waals surface area contributed by atoms with Gasteiger partial charge in [0.05, 0.1) is 11.3 Å². The van der Waals surface area contributed by atoms with E-state index in [2.05, 4.69) is 4.98 Å². The number of Topliss-reactive ketones (excluding diaryl/α,β-unsaturated/α-hetero) is 1. The van der Waals surface area contributed by atoms with Crippen molar-refractivity contribution in [1.82, 2.24) is 4.98 Å². The molecule has 5 heteroatoms. The largest absolute Gasteiger partial charge is 0.299 e. The lowest BCUT2D eigenvalue weighted by atomic mass is 9.88. The van der Waals surface area contributed by atoms with Crippen molar-refractivity contribution in [3.8, 4) is 0 Å². The van der Waals surface area contributed by atoms with Crippen molar-refractivity contribution in [2.45, 2.75) is 34.1 Å². The third-order valence-electron chi connectivity index (χ3n) is 2.45. The van der Waals surface area contributed by atoms with Gasteiger partial charge >= 0.3 is 0 Å². The number of carbonyl (C=O) groups excluding carboxylic acids is 1. The van der Waals surface area contributed by atoms with E-state index in [0.717, 1.165) is 0 Å². The first-order valence-corrected chi connectivity index (χ1v) is 5.35. The quantitative estimate of drug-likeness (QED) is 0.596. The molecule has 0 aliphatic heterocycles. The lowest BCUT2D eigenvalue weighted by Crippen LogP contribution is -2.23. The van der Waals surface area contributed by atoms with Crippen molar-refractivity contribution in [3.63, 3.8) is 0 Å². The zero-order valence-corrected chi connectivity index (χ0v) is 10.5. The third-order valence-corrected chi connectivity index (χ3v) is 2.45. The first kappa shape index (κ1) is 13.3. The van der Waals surface area contributed by atoms with Gasteiger partial charge in [-0.2, -0.15) is 0 Å². The summed E-state index contributed by atoms with van der Waals surface area (Å²) in [5, 5.41) is 10.9. The van der Waals surface area contributed by atoms with E-state index >= 15 is 0 Å². The fourth-order valence-corrected chi connectivity index (χ4v) is 1.29. The van der Waals surface area contributed by atoms with Gasteiger partial charge in [-0.1, -0.05) is 20.8 Å². The Kier molecular flexibility index (Phi) is 3.60. The minimum atomic E-state index is -0.513. The molecule has 92 valence electrons. The van der Waals surface area contributed by atoms with E-state index in [1.807, 2.05) is 0 Å². The molecule has 0 aromatic carbocycles. The molecule has 1 rings (SSSR count). The summed E-state index contributed by atoms with van der Waals surface area (Å²) in [6, 6.07) is 1.44. The fourth-order valence-electron chi connectivity index (χ4n) is 1.29. The number of ketones is 1. The van der Waals surface area contributed by atoms with Crippen molar-refractivity contribution in [3.05, 3.63) is 33.6 Å². The molecule has 5 nitrogen and oxygen atoms in total. The molecule has 1 aromatic rings. The van der Waals surface area contributed by atoms with Gasteiger partial charge in [0.25, 0.3) is 5.69 Å². The highest BCUT2D eigenvalue weighted by molar-refractivity contribution is 5.86. The highest BCUT2D eigenvalue weighted by Crippen LogP contribution is 2.22. The van der Waals surface area contributed by atoms with Crippen LogP contribution < -0.4 is 0 Å². The van der Waals surface area contributed by atoms with Crippen LogP contribution in [-0.4, -0.2) is 15.7 Å². The molecule has 0 aliphatic carbocycles. The average molecular weight is 236 g/mol. The van der Waals surface area contributed by atoms with Gasteiger partial charge < -0.3 is 0 Å². The average Bonchev–Trinajstić information content (AvgIpc) is 2.18. The number of carbonyl (C=O) groups is 1. The third kappa shape index (κ3) is 3.34. The fraction of sp³-hybridized carbons (Fsp3) is 0.500. The Hall–Kier alpha value is -1.78. The molecule has 17 heavy (non-hydrogen) atoms. The second-order valence-electron chi connectivity index (χ2n) is 5.09. The van der Waals surface area contributed by atoms with E-state index in [1.165, 1.54) is 12.3 Å². The molecule has 0 saturated carbocycles. The molecular weight excluding hydrogens is 220 g/mol. The number of hydrogen-bond donors (Lipinski definition) is 0. The number of nitro groups is 1. The Morgan fingerprint density at radius 1 is 1.47 bits per heavy atom. The van der Waals surface area contributed by atoms with Crippen LogP contribution in [0, 0.1) is 22.5 Å². The van der Waals surface area contributed by atoms with Crippen molar-refractivity contribution in [1.29, 1.82) is 0 Å². The maximum atomic E-state index is 11.8. The van der Waals surface area contributed by atoms with Crippen molar-refractivity contribution in [2.24, 2.45) is 5.41 Å². The van der Waals surface area contributed by atoms with Gasteiger partial charge in [-0.3, -0.25) is 19.9 Å². The van der Waals surface area contributed by atoms with Crippen LogP contribution in [0.1, 0.15) is 32.0 Å². The van der Waals surface area contributed by atoms with Crippen LogP contribution in [-0.2, 0) is 11.2 Å². The summed E-state index contributed by atoms with van der Waals surface area (Å²) in [5.41, 5.74) is 0.354. The molecule has 0 radical (unpaired) electrons. The number of nitrogens with zero attached hydrogens (tertiary/aromatic N) is 2. The molecule has 0 N–H and O–H groups in total. The summed E-state index contributed by atoms with van der Waals surface area (Å²) in [6.07, 6.45) is 1.54. The SMILES string of the molecule is Cc1cnc(CC(=O)C(C)(C)C)c([N+](=O)[O-])c1. The summed E-state index contributed by atoms with van der Waals surface area (Å²) in [6.45, 7) is 7.09. The van der Waals surface area contributed by atoms with Gasteiger partial charge in [0.1, 0.15) is 11.5 Å². The monoisotopic (exact) mass is 236 g/mol. The minimum absolute atomic E-state index is 0.0000926. The van der Waals surface area contributed by atoms with Crippen LogP contribution in [0.5, 0.6) is 0 Å². The van der Waals surface area contributed by atoms with Gasteiger partial charge in [0.15, 0.2) is 0 Å². The Morgan fingerprint density at radius 2 is 2.06 bits per heavy atom. The molecule has 0 fully saturated rings. The molecule has 0 spiro atoms. The van der Waals surface area contributed by atoms with Crippen LogP contribution in [0.4, 0.5) is 5.69 Å². The van der Waals surface area contributed by atoms with Gasteiger partial charge in [-0.05, 0) is 12.5 Å². The highest BCUT2D eigenvalue weighted by atomic mass is 16.6. The topological polar surface area (TPSA) is 73.1 Å². The Labute approximate surface area is 100 Å². The first-order valence-electron chi connectivity index (χ1n) is 5.35. The predicted molar refractivity (Wildman–Crippen MR) is 63.8 cm³/mol. The van der Waals surface area contributed by atoms with Crippen LogP contribution in [0.3, 0.4) is 0 Å². The van der Waals surface area contributed by atoms with Crippen LogP contribution in [0.15, 0.2) is 12.3 Å².